The summed E-state index contributed by atoms with van der Waals surface area (Å²) in [4.78, 5) is 58.5. The van der Waals surface area contributed by atoms with Gasteiger partial charge in [-0.2, -0.15) is 0 Å². The Balaban J connectivity index is 4.75. The fourth-order valence-electron chi connectivity index (χ4n) is 2.47. The van der Waals surface area contributed by atoms with Crippen LogP contribution in [0.4, 0.5) is 9.59 Å². The largest absolute Gasteiger partial charge is 0.444 e. The number of rotatable bonds is 14. The van der Waals surface area contributed by atoms with E-state index in [9.17, 15) is 24.0 Å². The van der Waals surface area contributed by atoms with Gasteiger partial charge in [0.05, 0.1) is 18.4 Å². The van der Waals surface area contributed by atoms with E-state index in [1.54, 1.807) is 20.8 Å². The molecule has 0 bridgehead atoms. The molecule has 0 aliphatic heterocycles. The maximum Gasteiger partial charge on any atom is 0.408 e. The number of nitrogens with two attached hydrogens (primary N) is 2. The molecular formula is C19H35N7O6. The number of nitrogens with one attached hydrogen (secondary N) is 5. The molecule has 32 heavy (non-hydrogen) atoms. The average Bonchev–Trinajstić information content (AvgIpc) is 2.65. The summed E-state index contributed by atoms with van der Waals surface area (Å²) in [5.41, 5.74) is 9.47. The average molecular weight is 458 g/mol. The normalized spacial score (nSPS) is 12.6. The highest BCUT2D eigenvalue weighted by molar-refractivity contribution is 5.90. The third-order valence-electron chi connectivity index (χ3n) is 3.87. The van der Waals surface area contributed by atoms with Crippen LogP contribution in [0.1, 0.15) is 52.9 Å². The van der Waals surface area contributed by atoms with Crippen LogP contribution >= 0.6 is 0 Å². The molecule has 0 aliphatic rings. The van der Waals surface area contributed by atoms with Crippen LogP contribution in [0.25, 0.3) is 0 Å². The molecule has 0 saturated heterocycles. The molecule has 0 spiro atoms. The third kappa shape index (κ3) is 15.5. The van der Waals surface area contributed by atoms with E-state index in [1.807, 2.05) is 0 Å². The molecule has 0 rings (SSSR count). The zero-order valence-electron chi connectivity index (χ0n) is 18.8. The highest BCUT2D eigenvalue weighted by Crippen LogP contribution is 2.08. The molecule has 9 N–H and O–H groups in total. The van der Waals surface area contributed by atoms with Gasteiger partial charge in [0, 0.05) is 13.0 Å². The number of carbonyl (C=O) groups excluding carboxylic acids is 5. The molecule has 182 valence electrons. The first-order valence-electron chi connectivity index (χ1n) is 10.2. The fraction of sp³-hybridized carbons (Fsp3) is 0.684. The van der Waals surface area contributed by atoms with Crippen molar-refractivity contribution in [2.24, 2.45) is 11.5 Å². The third-order valence-corrected chi connectivity index (χ3v) is 3.87. The van der Waals surface area contributed by atoms with Gasteiger partial charge >= 0.3 is 12.1 Å². The Morgan fingerprint density at radius 3 is 2.22 bits per heavy atom. The minimum absolute atomic E-state index is 0.0113. The van der Waals surface area contributed by atoms with Gasteiger partial charge in [-0.05, 0) is 46.5 Å². The summed E-state index contributed by atoms with van der Waals surface area (Å²) in [7, 11) is 0. The number of urea groups is 1. The number of aldehydes is 1. The lowest BCUT2D eigenvalue weighted by Gasteiger charge is -2.23. The molecule has 5 amide bonds. The van der Waals surface area contributed by atoms with E-state index in [2.05, 4.69) is 21.3 Å². The summed E-state index contributed by atoms with van der Waals surface area (Å²) >= 11 is 0. The molecule has 13 nitrogen and oxygen atoms in total. The van der Waals surface area contributed by atoms with Crippen LogP contribution in [0, 0.1) is 5.41 Å². The second-order valence-corrected chi connectivity index (χ2v) is 8.08. The van der Waals surface area contributed by atoms with Crippen molar-refractivity contribution in [1.82, 2.24) is 21.3 Å². The monoisotopic (exact) mass is 457 g/mol. The topological polar surface area (TPSA) is 219 Å². The lowest BCUT2D eigenvalue weighted by Crippen LogP contribution is -2.51. The minimum Gasteiger partial charge on any atom is -0.444 e. The molecule has 0 radical (unpaired) electrons. The summed E-state index contributed by atoms with van der Waals surface area (Å²) in [5, 5.41) is 16.8. The van der Waals surface area contributed by atoms with Gasteiger partial charge in [-0.15, -0.1) is 0 Å². The van der Waals surface area contributed by atoms with Crippen molar-refractivity contribution in [3.8, 4) is 0 Å². The van der Waals surface area contributed by atoms with Gasteiger partial charge in [0.2, 0.25) is 11.8 Å². The number of ether oxygens (including phenoxy) is 1. The van der Waals surface area contributed by atoms with Crippen LogP contribution in [-0.2, 0) is 19.1 Å². The van der Waals surface area contributed by atoms with E-state index in [-0.39, 0.29) is 18.8 Å². The second kappa shape index (κ2) is 14.6. The quantitative estimate of drug-likeness (QED) is 0.0763. The van der Waals surface area contributed by atoms with Crippen LogP contribution in [0.15, 0.2) is 0 Å². The van der Waals surface area contributed by atoms with Crippen molar-refractivity contribution < 1.29 is 28.7 Å². The van der Waals surface area contributed by atoms with Crippen molar-refractivity contribution in [3.05, 3.63) is 0 Å². The van der Waals surface area contributed by atoms with E-state index in [0.717, 1.165) is 0 Å². The molecule has 0 aliphatic carbocycles. The van der Waals surface area contributed by atoms with E-state index in [4.69, 9.17) is 21.6 Å². The number of alkyl carbamates (subject to hydrolysis) is 1. The molecule has 2 atom stereocenters. The zero-order valence-corrected chi connectivity index (χ0v) is 18.8. The number of amides is 5. The standard InChI is InChI=1S/C19H35N7O6/c1-19(2,3)32-18(31)26-13(7-5-9-23-17(22)30)16(29)24-10-15(28)25-12(11-27)6-4-8-14(20)21/h11-13H,4-10H2,1-3H3,(H3,20,21)(H,24,29)(H,25,28)(H,26,31)(H3,22,23,30)/t12-,13+/m0/s1. The van der Waals surface area contributed by atoms with E-state index >= 15 is 0 Å². The number of carbonyl (C=O) groups is 5. The van der Waals surface area contributed by atoms with Crippen LogP contribution in [0.3, 0.4) is 0 Å². The molecule has 0 heterocycles. The second-order valence-electron chi connectivity index (χ2n) is 8.08. The van der Waals surface area contributed by atoms with Gasteiger partial charge < -0.3 is 42.3 Å². The fourth-order valence-corrected chi connectivity index (χ4v) is 2.47. The van der Waals surface area contributed by atoms with Gasteiger partial charge in [0.15, 0.2) is 0 Å². The lowest BCUT2D eigenvalue weighted by molar-refractivity contribution is -0.128. The predicted octanol–water partition coefficient (Wildman–Crippen LogP) is -0.766. The first-order valence-corrected chi connectivity index (χ1v) is 10.2. The molecular weight excluding hydrogens is 422 g/mol. The Morgan fingerprint density at radius 2 is 1.69 bits per heavy atom. The summed E-state index contributed by atoms with van der Waals surface area (Å²) in [6, 6.07) is -2.50. The van der Waals surface area contributed by atoms with Crippen LogP contribution in [0.5, 0.6) is 0 Å². The molecule has 0 unspecified atom stereocenters. The van der Waals surface area contributed by atoms with Crippen molar-refractivity contribution in [3.63, 3.8) is 0 Å². The van der Waals surface area contributed by atoms with Crippen molar-refractivity contribution in [2.45, 2.75) is 70.6 Å². The Morgan fingerprint density at radius 1 is 1.03 bits per heavy atom. The van der Waals surface area contributed by atoms with Gasteiger partial charge in [-0.1, -0.05) is 0 Å². The Bertz CT molecular complexity index is 678. The summed E-state index contributed by atoms with van der Waals surface area (Å²) in [5.74, 6) is -1.24. The first-order chi connectivity index (χ1) is 14.8. The van der Waals surface area contributed by atoms with Gasteiger partial charge in [0.1, 0.15) is 17.9 Å². The van der Waals surface area contributed by atoms with Crippen LogP contribution < -0.4 is 32.7 Å². The SMILES string of the molecule is CC(C)(C)OC(=O)N[C@H](CCCNC(N)=O)C(=O)NCC(=O)N[C@H](C=O)CCCC(=N)N. The van der Waals surface area contributed by atoms with Crippen molar-refractivity contribution in [1.29, 1.82) is 5.41 Å². The number of hydrogen-bond acceptors (Lipinski definition) is 7. The smallest absolute Gasteiger partial charge is 0.408 e. The lowest BCUT2D eigenvalue weighted by atomic mass is 10.1. The van der Waals surface area contributed by atoms with Crippen molar-refractivity contribution >= 4 is 36.1 Å². The maximum absolute atomic E-state index is 12.5. The summed E-state index contributed by atoms with van der Waals surface area (Å²) < 4.78 is 5.15. The molecule has 0 aromatic heterocycles. The molecule has 0 aromatic rings. The molecule has 0 fully saturated rings. The Hall–Kier alpha value is -3.38. The zero-order chi connectivity index (χ0) is 24.7. The number of hydrogen-bond donors (Lipinski definition) is 7. The van der Waals surface area contributed by atoms with Gasteiger partial charge in [-0.3, -0.25) is 15.0 Å². The summed E-state index contributed by atoms with van der Waals surface area (Å²) in [6.45, 7) is 4.78. The molecule has 0 saturated carbocycles. The highest BCUT2D eigenvalue weighted by Gasteiger charge is 2.24. The van der Waals surface area contributed by atoms with Crippen LogP contribution in [0.2, 0.25) is 0 Å². The Kier molecular flexibility index (Phi) is 13.1. The van der Waals surface area contributed by atoms with Gasteiger partial charge in [-0.25, -0.2) is 9.59 Å². The van der Waals surface area contributed by atoms with E-state index in [1.165, 1.54) is 0 Å². The highest BCUT2D eigenvalue weighted by atomic mass is 16.6. The maximum atomic E-state index is 12.5. The summed E-state index contributed by atoms with van der Waals surface area (Å²) in [6.07, 6.45) is 1.29. The number of amidine groups is 1. The predicted molar refractivity (Wildman–Crippen MR) is 117 cm³/mol. The Labute approximate surface area is 187 Å². The van der Waals surface area contributed by atoms with E-state index < -0.39 is 48.2 Å². The van der Waals surface area contributed by atoms with Gasteiger partial charge in [0.25, 0.3) is 0 Å². The molecule has 13 heteroatoms. The van der Waals surface area contributed by atoms with Crippen LogP contribution in [-0.4, -0.2) is 66.8 Å². The van der Waals surface area contributed by atoms with Crippen molar-refractivity contribution in [2.75, 3.05) is 13.1 Å². The van der Waals surface area contributed by atoms with E-state index in [0.29, 0.717) is 32.0 Å². The minimum atomic E-state index is -1.02. The first kappa shape index (κ1) is 28.6. The number of primary amides is 1. The molecule has 0 aromatic carbocycles.